The molecule has 25 heavy (non-hydrogen) atoms. The van der Waals surface area contributed by atoms with Crippen LogP contribution in [0.1, 0.15) is 11.3 Å². The van der Waals surface area contributed by atoms with E-state index in [1.54, 1.807) is 0 Å². The van der Waals surface area contributed by atoms with Gasteiger partial charge in [0.1, 0.15) is 23.0 Å². The van der Waals surface area contributed by atoms with E-state index in [2.05, 4.69) is 20.3 Å². The van der Waals surface area contributed by atoms with Crippen molar-refractivity contribution in [1.29, 1.82) is 0 Å². The van der Waals surface area contributed by atoms with Crippen LogP contribution in [0.3, 0.4) is 0 Å². The number of nitrogen functional groups attached to an aromatic ring is 1. The summed E-state index contributed by atoms with van der Waals surface area (Å²) in [6.07, 6.45) is 1.33. The van der Waals surface area contributed by atoms with Gasteiger partial charge in [-0.3, -0.25) is 0 Å². The van der Waals surface area contributed by atoms with Crippen LogP contribution in [0.15, 0.2) is 48.7 Å². The molecule has 2 aromatic heterocycles. The first-order valence-electron chi connectivity index (χ1n) is 7.48. The fourth-order valence-corrected chi connectivity index (χ4v) is 2.57. The molecule has 0 fully saturated rings. The maximum atomic E-state index is 13.9. The molecular weight excluding hydrogens is 326 g/mol. The summed E-state index contributed by atoms with van der Waals surface area (Å²) in [5.41, 5.74) is 7.43. The molecule has 8 heteroatoms. The van der Waals surface area contributed by atoms with E-state index < -0.39 is 11.6 Å². The van der Waals surface area contributed by atoms with Crippen molar-refractivity contribution in [3.8, 4) is 5.82 Å². The quantitative estimate of drug-likeness (QED) is 0.621. The van der Waals surface area contributed by atoms with Crippen LogP contribution >= 0.6 is 0 Å². The topological polar surface area (TPSA) is 82.5 Å². The van der Waals surface area contributed by atoms with Crippen molar-refractivity contribution in [3.63, 3.8) is 0 Å². The van der Waals surface area contributed by atoms with Gasteiger partial charge in [-0.1, -0.05) is 23.4 Å². The van der Waals surface area contributed by atoms with Crippen molar-refractivity contribution in [1.82, 2.24) is 25.0 Å². The second-order valence-electron chi connectivity index (χ2n) is 5.43. The van der Waals surface area contributed by atoms with Crippen molar-refractivity contribution in [2.45, 2.75) is 6.42 Å². The van der Waals surface area contributed by atoms with Gasteiger partial charge < -0.3 is 5.73 Å². The molecule has 4 aromatic rings. The second kappa shape index (κ2) is 5.90. The Balaban J connectivity index is 1.79. The summed E-state index contributed by atoms with van der Waals surface area (Å²) in [5.74, 6) is -0.832. The Labute approximate surface area is 140 Å². The predicted octanol–water partition coefficient (Wildman–Crippen LogP) is 2.66. The van der Waals surface area contributed by atoms with Crippen LogP contribution in [0.25, 0.3) is 16.9 Å². The number of nitrogens with zero attached hydrogens (tertiary/aromatic N) is 5. The van der Waals surface area contributed by atoms with Gasteiger partial charge in [-0.05, 0) is 24.3 Å². The van der Waals surface area contributed by atoms with E-state index in [-0.39, 0.29) is 23.5 Å². The van der Waals surface area contributed by atoms with Crippen LogP contribution in [0.5, 0.6) is 0 Å². The highest BCUT2D eigenvalue weighted by atomic mass is 19.1. The first-order chi connectivity index (χ1) is 12.1. The SMILES string of the molecule is Nc1ncc(-n2nnc3ccccc32)nc1Cc1c(F)cccc1F. The smallest absolute Gasteiger partial charge is 0.174 e. The third-order valence-corrected chi connectivity index (χ3v) is 3.84. The van der Waals surface area contributed by atoms with Crippen molar-refractivity contribution in [3.05, 3.63) is 71.6 Å². The van der Waals surface area contributed by atoms with Gasteiger partial charge in [0.05, 0.1) is 17.4 Å². The standard InChI is InChI=1S/C17H12F2N6/c18-11-4-3-5-12(19)10(11)8-14-17(20)21-9-16(22-14)25-15-7-2-1-6-13(15)23-24-25/h1-7,9H,8H2,(H2,20,21). The summed E-state index contributed by atoms with van der Waals surface area (Å²) in [6.45, 7) is 0. The highest BCUT2D eigenvalue weighted by molar-refractivity contribution is 5.75. The highest BCUT2D eigenvalue weighted by Gasteiger charge is 2.15. The molecule has 0 unspecified atom stereocenters. The Hall–Kier alpha value is -3.42. The number of hydrogen-bond donors (Lipinski definition) is 1. The van der Waals surface area contributed by atoms with Gasteiger partial charge in [0.15, 0.2) is 5.82 Å². The van der Waals surface area contributed by atoms with Crippen LogP contribution in [0.2, 0.25) is 0 Å². The number of fused-ring (bicyclic) bond motifs is 1. The summed E-state index contributed by atoms with van der Waals surface area (Å²) in [5, 5.41) is 8.11. The molecular formula is C17H12F2N6. The third kappa shape index (κ3) is 2.67. The number of nitrogens with two attached hydrogens (primary N) is 1. The summed E-state index contributed by atoms with van der Waals surface area (Å²) >= 11 is 0. The summed E-state index contributed by atoms with van der Waals surface area (Å²) in [4.78, 5) is 8.46. The second-order valence-corrected chi connectivity index (χ2v) is 5.43. The number of benzene rings is 2. The minimum Gasteiger partial charge on any atom is -0.382 e. The van der Waals surface area contributed by atoms with Crippen LogP contribution in [-0.2, 0) is 6.42 Å². The number of halogens is 2. The van der Waals surface area contributed by atoms with Gasteiger partial charge in [0.25, 0.3) is 0 Å². The summed E-state index contributed by atoms with van der Waals surface area (Å²) < 4.78 is 29.3. The van der Waals surface area contributed by atoms with E-state index in [0.717, 1.165) is 5.52 Å². The van der Waals surface area contributed by atoms with Crippen molar-refractivity contribution < 1.29 is 8.78 Å². The van der Waals surface area contributed by atoms with Gasteiger partial charge in [0, 0.05) is 12.0 Å². The fourth-order valence-electron chi connectivity index (χ4n) is 2.57. The predicted molar refractivity (Wildman–Crippen MR) is 88.0 cm³/mol. The fraction of sp³-hybridized carbons (Fsp3) is 0.0588. The highest BCUT2D eigenvalue weighted by Crippen LogP contribution is 2.20. The summed E-state index contributed by atoms with van der Waals surface area (Å²) in [6, 6.07) is 11.0. The lowest BCUT2D eigenvalue weighted by atomic mass is 10.1. The first-order valence-corrected chi connectivity index (χ1v) is 7.48. The molecule has 0 bridgehead atoms. The first kappa shape index (κ1) is 15.1. The minimum atomic E-state index is -0.655. The Kier molecular flexibility index (Phi) is 3.57. The number of para-hydroxylation sites is 1. The average molecular weight is 338 g/mol. The zero-order valence-electron chi connectivity index (χ0n) is 12.9. The molecule has 0 aliphatic rings. The van der Waals surface area contributed by atoms with Gasteiger partial charge >= 0.3 is 0 Å². The van der Waals surface area contributed by atoms with Gasteiger partial charge in [-0.15, -0.1) is 5.10 Å². The maximum Gasteiger partial charge on any atom is 0.174 e. The van der Waals surface area contributed by atoms with E-state index in [0.29, 0.717) is 11.3 Å². The molecule has 0 saturated carbocycles. The number of hydrogen-bond acceptors (Lipinski definition) is 5. The lowest BCUT2D eigenvalue weighted by molar-refractivity contribution is 0.560. The Morgan fingerprint density at radius 2 is 1.76 bits per heavy atom. The van der Waals surface area contributed by atoms with Gasteiger partial charge in [-0.2, -0.15) is 4.68 Å². The molecule has 0 aliphatic carbocycles. The number of rotatable bonds is 3. The molecule has 0 amide bonds. The normalized spacial score (nSPS) is 11.1. The van der Waals surface area contributed by atoms with Gasteiger partial charge in [0.2, 0.25) is 0 Å². The van der Waals surface area contributed by atoms with E-state index >= 15 is 0 Å². The largest absolute Gasteiger partial charge is 0.382 e. The lowest BCUT2D eigenvalue weighted by Gasteiger charge is -2.09. The maximum absolute atomic E-state index is 13.9. The molecule has 4 rings (SSSR count). The van der Waals surface area contributed by atoms with E-state index in [1.165, 1.54) is 29.1 Å². The number of anilines is 1. The van der Waals surface area contributed by atoms with Crippen molar-refractivity contribution in [2.24, 2.45) is 0 Å². The van der Waals surface area contributed by atoms with Crippen LogP contribution in [-0.4, -0.2) is 25.0 Å². The number of aromatic nitrogens is 5. The molecule has 2 aromatic carbocycles. The Morgan fingerprint density at radius 1 is 1.00 bits per heavy atom. The molecule has 0 atom stereocenters. The van der Waals surface area contributed by atoms with E-state index in [1.807, 2.05) is 24.3 Å². The van der Waals surface area contributed by atoms with Crippen LogP contribution in [0.4, 0.5) is 14.6 Å². The monoisotopic (exact) mass is 338 g/mol. The van der Waals surface area contributed by atoms with Crippen LogP contribution in [0, 0.1) is 11.6 Å². The minimum absolute atomic E-state index is 0.107. The molecule has 124 valence electrons. The molecule has 0 aliphatic heterocycles. The average Bonchev–Trinajstić information content (AvgIpc) is 3.04. The zero-order chi connectivity index (χ0) is 17.4. The van der Waals surface area contributed by atoms with Crippen molar-refractivity contribution >= 4 is 16.9 Å². The Morgan fingerprint density at radius 3 is 2.56 bits per heavy atom. The van der Waals surface area contributed by atoms with E-state index in [9.17, 15) is 8.78 Å². The molecule has 0 saturated heterocycles. The third-order valence-electron chi connectivity index (χ3n) is 3.84. The van der Waals surface area contributed by atoms with Gasteiger partial charge in [-0.25, -0.2) is 18.7 Å². The summed E-state index contributed by atoms with van der Waals surface area (Å²) in [7, 11) is 0. The van der Waals surface area contributed by atoms with Crippen molar-refractivity contribution in [2.75, 3.05) is 5.73 Å². The van der Waals surface area contributed by atoms with Crippen LogP contribution < -0.4 is 5.73 Å². The molecule has 6 nitrogen and oxygen atoms in total. The Bertz CT molecular complexity index is 1060. The molecule has 0 radical (unpaired) electrons. The van der Waals surface area contributed by atoms with E-state index in [4.69, 9.17) is 5.73 Å². The molecule has 2 N–H and O–H groups in total. The lowest BCUT2D eigenvalue weighted by Crippen LogP contribution is -2.09. The molecule has 0 spiro atoms. The molecule has 2 heterocycles. The zero-order valence-corrected chi connectivity index (χ0v) is 12.9.